The lowest BCUT2D eigenvalue weighted by Crippen LogP contribution is -2.11. The molecule has 0 aliphatic heterocycles. The Bertz CT molecular complexity index is 533. The van der Waals surface area contributed by atoms with E-state index in [4.69, 9.17) is 0 Å². The Balaban J connectivity index is 2.37. The fourth-order valence-corrected chi connectivity index (χ4v) is 1.79. The first-order chi connectivity index (χ1) is 8.38. The highest BCUT2D eigenvalue weighted by molar-refractivity contribution is 5.55. The van der Waals surface area contributed by atoms with Crippen molar-refractivity contribution in [3.63, 3.8) is 0 Å². The molecule has 0 aliphatic carbocycles. The van der Waals surface area contributed by atoms with E-state index in [-0.39, 0.29) is 5.41 Å². The molecule has 0 atom stereocenters. The molecule has 0 unspecified atom stereocenters. The lowest BCUT2D eigenvalue weighted by Gasteiger charge is -2.13. The Morgan fingerprint density at radius 3 is 2.44 bits per heavy atom. The van der Waals surface area contributed by atoms with Crippen LogP contribution in [0, 0.1) is 0 Å². The zero-order valence-corrected chi connectivity index (χ0v) is 11.8. The van der Waals surface area contributed by atoms with Gasteiger partial charge in [-0.25, -0.2) is 0 Å². The van der Waals surface area contributed by atoms with Gasteiger partial charge in [-0.3, -0.25) is 10.1 Å². The zero-order chi connectivity index (χ0) is 13.3. The summed E-state index contributed by atoms with van der Waals surface area (Å²) < 4.78 is 0. The van der Waals surface area contributed by atoms with Gasteiger partial charge in [0.1, 0.15) is 0 Å². The van der Waals surface area contributed by atoms with Crippen LogP contribution in [-0.4, -0.2) is 15.2 Å². The molecule has 0 radical (unpaired) electrons. The third-order valence-electron chi connectivity index (χ3n) is 3.07. The number of H-pyrrole nitrogens is 1. The number of hydrogen-bond acceptors (Lipinski definition) is 2. The predicted octanol–water partition coefficient (Wildman–Crippen LogP) is 3.89. The zero-order valence-electron chi connectivity index (χ0n) is 11.8. The van der Waals surface area contributed by atoms with Crippen LogP contribution in [0.25, 0.3) is 11.4 Å². The van der Waals surface area contributed by atoms with Crippen LogP contribution in [-0.2, 0) is 5.41 Å². The lowest BCUT2D eigenvalue weighted by atomic mass is 9.92. The molecule has 3 heteroatoms. The summed E-state index contributed by atoms with van der Waals surface area (Å²) in [5, 5.41) is 7.46. The molecule has 0 amide bonds. The number of pyridine rings is 1. The van der Waals surface area contributed by atoms with Crippen molar-refractivity contribution in [2.45, 2.75) is 46.0 Å². The van der Waals surface area contributed by atoms with Crippen LogP contribution >= 0.6 is 0 Å². The topological polar surface area (TPSA) is 41.6 Å². The molecule has 0 fully saturated rings. The van der Waals surface area contributed by atoms with E-state index in [9.17, 15) is 0 Å². The van der Waals surface area contributed by atoms with Crippen LogP contribution < -0.4 is 0 Å². The van der Waals surface area contributed by atoms with Crippen molar-refractivity contribution in [3.8, 4) is 11.4 Å². The molecule has 0 bridgehead atoms. The van der Waals surface area contributed by atoms with Crippen LogP contribution in [0.3, 0.4) is 0 Å². The second-order valence-corrected chi connectivity index (χ2v) is 6.05. The first kappa shape index (κ1) is 12.8. The molecule has 2 heterocycles. The van der Waals surface area contributed by atoms with E-state index in [0.717, 1.165) is 17.1 Å². The van der Waals surface area contributed by atoms with Gasteiger partial charge < -0.3 is 0 Å². The minimum atomic E-state index is 0.0599. The van der Waals surface area contributed by atoms with Crippen LogP contribution in [0.2, 0.25) is 0 Å². The Morgan fingerprint density at radius 1 is 1.17 bits per heavy atom. The summed E-state index contributed by atoms with van der Waals surface area (Å²) in [6, 6.07) is 6.28. The van der Waals surface area contributed by atoms with Gasteiger partial charge in [0.05, 0.1) is 17.1 Å². The summed E-state index contributed by atoms with van der Waals surface area (Å²) in [7, 11) is 0. The first-order valence-corrected chi connectivity index (χ1v) is 6.40. The van der Waals surface area contributed by atoms with Crippen molar-refractivity contribution in [1.82, 2.24) is 15.2 Å². The monoisotopic (exact) mass is 243 g/mol. The lowest BCUT2D eigenvalue weighted by molar-refractivity contribution is 0.567. The SMILES string of the molecule is CC(C)c1ccnc(-c2cc(C(C)(C)C)n[nH]2)c1. The van der Waals surface area contributed by atoms with Gasteiger partial charge in [-0.05, 0) is 29.7 Å². The highest BCUT2D eigenvalue weighted by Gasteiger charge is 2.18. The average Bonchev–Trinajstić information content (AvgIpc) is 2.78. The summed E-state index contributed by atoms with van der Waals surface area (Å²) in [5.74, 6) is 0.511. The quantitative estimate of drug-likeness (QED) is 0.869. The number of hydrogen-bond donors (Lipinski definition) is 1. The third kappa shape index (κ3) is 2.61. The molecule has 0 saturated carbocycles. The first-order valence-electron chi connectivity index (χ1n) is 6.40. The molecule has 2 aromatic heterocycles. The van der Waals surface area contributed by atoms with Crippen LogP contribution in [0.15, 0.2) is 24.4 Å². The number of rotatable bonds is 2. The normalized spacial score (nSPS) is 12.1. The molecule has 0 aliphatic rings. The third-order valence-corrected chi connectivity index (χ3v) is 3.07. The minimum Gasteiger partial charge on any atom is -0.276 e. The van der Waals surface area contributed by atoms with E-state index in [1.807, 2.05) is 6.20 Å². The van der Waals surface area contributed by atoms with Gasteiger partial charge in [0.25, 0.3) is 0 Å². The van der Waals surface area contributed by atoms with Gasteiger partial charge in [-0.2, -0.15) is 5.10 Å². The standard InChI is InChI=1S/C15H21N3/c1-10(2)11-6-7-16-12(8-11)13-9-14(18-17-13)15(3,4)5/h6-10H,1-5H3,(H,17,18). The molecule has 2 aromatic rings. The molecular formula is C15H21N3. The summed E-state index contributed by atoms with van der Waals surface area (Å²) >= 11 is 0. The predicted molar refractivity (Wildman–Crippen MR) is 74.6 cm³/mol. The smallest absolute Gasteiger partial charge is 0.0883 e. The van der Waals surface area contributed by atoms with E-state index in [1.165, 1.54) is 5.56 Å². The number of nitrogens with zero attached hydrogens (tertiary/aromatic N) is 2. The van der Waals surface area contributed by atoms with Crippen molar-refractivity contribution in [3.05, 3.63) is 35.7 Å². The maximum atomic E-state index is 4.42. The molecular weight excluding hydrogens is 222 g/mol. The highest BCUT2D eigenvalue weighted by atomic mass is 15.1. The van der Waals surface area contributed by atoms with Crippen molar-refractivity contribution in [2.24, 2.45) is 0 Å². The molecule has 18 heavy (non-hydrogen) atoms. The van der Waals surface area contributed by atoms with E-state index in [0.29, 0.717) is 5.92 Å². The van der Waals surface area contributed by atoms with Gasteiger partial charge in [-0.1, -0.05) is 34.6 Å². The summed E-state index contributed by atoms with van der Waals surface area (Å²) in [6.07, 6.45) is 1.86. The fraction of sp³-hybridized carbons (Fsp3) is 0.467. The molecule has 3 nitrogen and oxygen atoms in total. The molecule has 1 N–H and O–H groups in total. The van der Waals surface area contributed by atoms with Crippen LogP contribution in [0.1, 0.15) is 51.8 Å². The van der Waals surface area contributed by atoms with E-state index >= 15 is 0 Å². The Kier molecular flexibility index (Phi) is 3.24. The molecule has 2 rings (SSSR count). The Hall–Kier alpha value is -1.64. The van der Waals surface area contributed by atoms with E-state index < -0.39 is 0 Å². The van der Waals surface area contributed by atoms with E-state index in [2.05, 4.69) is 68.0 Å². The van der Waals surface area contributed by atoms with Gasteiger partial charge in [-0.15, -0.1) is 0 Å². The number of aromatic nitrogens is 3. The summed E-state index contributed by atoms with van der Waals surface area (Å²) in [4.78, 5) is 4.42. The van der Waals surface area contributed by atoms with Crippen molar-refractivity contribution >= 4 is 0 Å². The molecule has 0 saturated heterocycles. The van der Waals surface area contributed by atoms with Gasteiger partial charge >= 0.3 is 0 Å². The van der Waals surface area contributed by atoms with Crippen molar-refractivity contribution in [1.29, 1.82) is 0 Å². The average molecular weight is 243 g/mol. The van der Waals surface area contributed by atoms with Crippen molar-refractivity contribution < 1.29 is 0 Å². The maximum absolute atomic E-state index is 4.42. The van der Waals surface area contributed by atoms with Gasteiger partial charge in [0.2, 0.25) is 0 Å². The van der Waals surface area contributed by atoms with E-state index in [1.54, 1.807) is 0 Å². The maximum Gasteiger partial charge on any atom is 0.0883 e. The largest absolute Gasteiger partial charge is 0.276 e. The van der Waals surface area contributed by atoms with Crippen molar-refractivity contribution in [2.75, 3.05) is 0 Å². The van der Waals surface area contributed by atoms with Gasteiger partial charge in [0.15, 0.2) is 0 Å². The number of nitrogens with one attached hydrogen (secondary N) is 1. The Labute approximate surface area is 109 Å². The molecule has 96 valence electrons. The fourth-order valence-electron chi connectivity index (χ4n) is 1.79. The minimum absolute atomic E-state index is 0.0599. The second kappa shape index (κ2) is 4.56. The van der Waals surface area contributed by atoms with Gasteiger partial charge in [0, 0.05) is 11.6 Å². The Morgan fingerprint density at radius 2 is 1.89 bits per heavy atom. The number of aromatic amines is 1. The summed E-state index contributed by atoms with van der Waals surface area (Å²) in [5.41, 5.74) is 4.37. The molecule has 0 spiro atoms. The molecule has 0 aromatic carbocycles. The second-order valence-electron chi connectivity index (χ2n) is 6.05. The van der Waals surface area contributed by atoms with Crippen LogP contribution in [0.5, 0.6) is 0 Å². The van der Waals surface area contributed by atoms with Crippen LogP contribution in [0.4, 0.5) is 0 Å². The highest BCUT2D eigenvalue weighted by Crippen LogP contribution is 2.25. The summed E-state index contributed by atoms with van der Waals surface area (Å²) in [6.45, 7) is 10.8.